The van der Waals surface area contributed by atoms with Crippen molar-refractivity contribution in [2.75, 3.05) is 27.3 Å². The van der Waals surface area contributed by atoms with Gasteiger partial charge in [-0.3, -0.25) is 5.32 Å². The van der Waals surface area contributed by atoms with Crippen LogP contribution in [0.5, 0.6) is 0 Å². The van der Waals surface area contributed by atoms with Crippen molar-refractivity contribution >= 4 is 6.09 Å². The van der Waals surface area contributed by atoms with Crippen LogP contribution in [0, 0.1) is 0 Å². The monoisotopic (exact) mass is 202 g/mol. The van der Waals surface area contributed by atoms with Crippen molar-refractivity contribution in [1.82, 2.24) is 10.2 Å². The Bertz CT molecular complexity index is 218. The summed E-state index contributed by atoms with van der Waals surface area (Å²) in [5.41, 5.74) is -0.290. The molecule has 1 N–H and O–H groups in total. The maximum absolute atomic E-state index is 11.1. The summed E-state index contributed by atoms with van der Waals surface area (Å²) in [4.78, 5) is 12.6. The number of ether oxygens (including phenoxy) is 2. The van der Waals surface area contributed by atoms with Crippen molar-refractivity contribution in [2.45, 2.75) is 25.6 Å². The van der Waals surface area contributed by atoms with Crippen molar-refractivity contribution in [3.63, 3.8) is 0 Å². The van der Waals surface area contributed by atoms with Gasteiger partial charge in [-0.1, -0.05) is 0 Å². The van der Waals surface area contributed by atoms with Crippen molar-refractivity contribution in [2.24, 2.45) is 0 Å². The van der Waals surface area contributed by atoms with E-state index in [0.717, 1.165) is 0 Å². The normalized spacial score (nSPS) is 24.7. The van der Waals surface area contributed by atoms with Crippen molar-refractivity contribution < 1.29 is 14.3 Å². The third-order valence-electron chi connectivity index (χ3n) is 2.18. The molecule has 1 fully saturated rings. The van der Waals surface area contributed by atoms with Crippen LogP contribution < -0.4 is 5.32 Å². The van der Waals surface area contributed by atoms with Gasteiger partial charge in [0.05, 0.1) is 19.8 Å². The van der Waals surface area contributed by atoms with E-state index in [4.69, 9.17) is 4.74 Å². The van der Waals surface area contributed by atoms with Crippen LogP contribution in [0.4, 0.5) is 4.79 Å². The lowest BCUT2D eigenvalue weighted by Crippen LogP contribution is -2.45. The SMILES string of the molecule is COC(=O)N(C)CC1COC(C)(C)N1. The molecule has 82 valence electrons. The fraction of sp³-hybridized carbons (Fsp3) is 0.889. The second-order valence-corrected chi connectivity index (χ2v) is 4.01. The van der Waals surface area contributed by atoms with Crippen molar-refractivity contribution in [1.29, 1.82) is 0 Å². The molecule has 5 heteroatoms. The average molecular weight is 202 g/mol. The minimum Gasteiger partial charge on any atom is -0.453 e. The van der Waals surface area contributed by atoms with E-state index < -0.39 is 0 Å². The summed E-state index contributed by atoms with van der Waals surface area (Å²) in [6.45, 7) is 5.14. The van der Waals surface area contributed by atoms with Gasteiger partial charge in [0.15, 0.2) is 0 Å². The number of rotatable bonds is 2. The summed E-state index contributed by atoms with van der Waals surface area (Å²) in [6, 6.07) is 0.175. The molecule has 1 unspecified atom stereocenters. The molecule has 0 bridgehead atoms. The van der Waals surface area contributed by atoms with E-state index in [0.29, 0.717) is 13.2 Å². The number of nitrogens with zero attached hydrogens (tertiary/aromatic N) is 1. The maximum Gasteiger partial charge on any atom is 0.409 e. The van der Waals surface area contributed by atoms with Crippen LogP contribution in [0.1, 0.15) is 13.8 Å². The second kappa shape index (κ2) is 4.14. The minimum atomic E-state index is -0.323. The molecule has 0 aromatic rings. The fourth-order valence-electron chi connectivity index (χ4n) is 1.54. The molecule has 0 saturated carbocycles. The Morgan fingerprint density at radius 2 is 2.36 bits per heavy atom. The number of hydrogen-bond donors (Lipinski definition) is 1. The molecule has 1 heterocycles. The predicted octanol–water partition coefficient (Wildman–Crippen LogP) is 0.409. The lowest BCUT2D eigenvalue weighted by molar-refractivity contribution is 0.0230. The third-order valence-corrected chi connectivity index (χ3v) is 2.18. The molecular weight excluding hydrogens is 184 g/mol. The molecule has 1 rings (SSSR count). The van der Waals surface area contributed by atoms with E-state index in [2.05, 4.69) is 10.1 Å². The molecule has 0 aromatic carbocycles. The summed E-state index contributed by atoms with van der Waals surface area (Å²) in [6.07, 6.45) is -0.323. The third kappa shape index (κ3) is 2.85. The van der Waals surface area contributed by atoms with E-state index in [9.17, 15) is 4.79 Å². The second-order valence-electron chi connectivity index (χ2n) is 4.01. The van der Waals surface area contributed by atoms with Crippen LogP contribution in [0.3, 0.4) is 0 Å². The molecule has 1 atom stereocenters. The first-order chi connectivity index (χ1) is 6.44. The highest BCUT2D eigenvalue weighted by Crippen LogP contribution is 2.14. The van der Waals surface area contributed by atoms with Gasteiger partial charge >= 0.3 is 6.09 Å². The first-order valence-electron chi connectivity index (χ1n) is 4.65. The summed E-state index contributed by atoms with van der Waals surface area (Å²) in [7, 11) is 3.08. The molecule has 0 spiro atoms. The van der Waals surface area contributed by atoms with E-state index in [1.165, 1.54) is 12.0 Å². The number of methoxy groups -OCH3 is 1. The standard InChI is InChI=1S/C9H18N2O3/c1-9(2)10-7(6-14-9)5-11(3)8(12)13-4/h7,10H,5-6H2,1-4H3. The van der Waals surface area contributed by atoms with Crippen LogP contribution in [-0.2, 0) is 9.47 Å². The zero-order valence-corrected chi connectivity index (χ0v) is 9.16. The summed E-state index contributed by atoms with van der Waals surface area (Å²) in [5, 5.41) is 3.27. The van der Waals surface area contributed by atoms with Gasteiger partial charge < -0.3 is 14.4 Å². The molecule has 1 aliphatic heterocycles. The Morgan fingerprint density at radius 1 is 1.71 bits per heavy atom. The Balaban J connectivity index is 2.36. The molecule has 0 radical (unpaired) electrons. The van der Waals surface area contributed by atoms with E-state index in [-0.39, 0.29) is 17.9 Å². The maximum atomic E-state index is 11.1. The predicted molar refractivity (Wildman–Crippen MR) is 52.0 cm³/mol. The van der Waals surface area contributed by atoms with Gasteiger partial charge in [0, 0.05) is 13.6 Å². The first-order valence-corrected chi connectivity index (χ1v) is 4.65. The van der Waals surface area contributed by atoms with Crippen LogP contribution >= 0.6 is 0 Å². The first kappa shape index (κ1) is 11.3. The minimum absolute atomic E-state index is 0.175. The highest BCUT2D eigenvalue weighted by atomic mass is 16.5. The van der Waals surface area contributed by atoms with Crippen LogP contribution in [-0.4, -0.2) is 50.1 Å². The lowest BCUT2D eigenvalue weighted by atomic mass is 10.2. The molecule has 0 aromatic heterocycles. The van der Waals surface area contributed by atoms with Gasteiger partial charge in [-0.2, -0.15) is 0 Å². The van der Waals surface area contributed by atoms with Gasteiger partial charge in [-0.25, -0.2) is 4.79 Å². The highest BCUT2D eigenvalue weighted by molar-refractivity contribution is 5.66. The number of amides is 1. The average Bonchev–Trinajstić information content (AvgIpc) is 2.44. The fourth-order valence-corrected chi connectivity index (χ4v) is 1.54. The molecule has 0 aliphatic carbocycles. The number of likely N-dealkylation sites (N-methyl/N-ethyl adjacent to an activating group) is 1. The van der Waals surface area contributed by atoms with Gasteiger partial charge in [-0.05, 0) is 13.8 Å². The van der Waals surface area contributed by atoms with Crippen molar-refractivity contribution in [3.8, 4) is 0 Å². The van der Waals surface area contributed by atoms with Gasteiger partial charge in [0.25, 0.3) is 0 Å². The Labute approximate surface area is 84.4 Å². The number of carbonyl (C=O) groups is 1. The van der Waals surface area contributed by atoms with Gasteiger partial charge in [0.2, 0.25) is 0 Å². The van der Waals surface area contributed by atoms with Gasteiger partial charge in [-0.15, -0.1) is 0 Å². The zero-order chi connectivity index (χ0) is 10.8. The highest BCUT2D eigenvalue weighted by Gasteiger charge is 2.31. The number of nitrogens with one attached hydrogen (secondary N) is 1. The Morgan fingerprint density at radius 3 is 2.79 bits per heavy atom. The summed E-state index contributed by atoms with van der Waals surface area (Å²) >= 11 is 0. The summed E-state index contributed by atoms with van der Waals surface area (Å²) < 4.78 is 10.1. The van der Waals surface area contributed by atoms with E-state index in [1.807, 2.05) is 13.8 Å². The summed E-state index contributed by atoms with van der Waals surface area (Å²) in [5.74, 6) is 0. The number of carbonyl (C=O) groups excluding carboxylic acids is 1. The van der Waals surface area contributed by atoms with Gasteiger partial charge in [0.1, 0.15) is 5.72 Å². The Hall–Kier alpha value is -0.810. The quantitative estimate of drug-likeness (QED) is 0.704. The van der Waals surface area contributed by atoms with E-state index in [1.54, 1.807) is 7.05 Å². The molecule has 1 amide bonds. The number of hydrogen-bond acceptors (Lipinski definition) is 4. The molecule has 1 saturated heterocycles. The lowest BCUT2D eigenvalue weighted by Gasteiger charge is -2.21. The molecule has 1 aliphatic rings. The largest absolute Gasteiger partial charge is 0.453 e. The topological polar surface area (TPSA) is 50.8 Å². The van der Waals surface area contributed by atoms with E-state index >= 15 is 0 Å². The Kier molecular flexibility index (Phi) is 3.34. The molecule has 5 nitrogen and oxygen atoms in total. The molecular formula is C9H18N2O3. The van der Waals surface area contributed by atoms with Crippen LogP contribution in [0.15, 0.2) is 0 Å². The van der Waals surface area contributed by atoms with Crippen LogP contribution in [0.25, 0.3) is 0 Å². The smallest absolute Gasteiger partial charge is 0.409 e. The van der Waals surface area contributed by atoms with Crippen LogP contribution in [0.2, 0.25) is 0 Å². The molecule has 14 heavy (non-hydrogen) atoms. The van der Waals surface area contributed by atoms with Crippen molar-refractivity contribution in [3.05, 3.63) is 0 Å². The zero-order valence-electron chi connectivity index (χ0n) is 9.16.